The summed E-state index contributed by atoms with van der Waals surface area (Å²) in [4.78, 5) is 0. The second-order valence-corrected chi connectivity index (χ2v) is 6.52. The van der Waals surface area contributed by atoms with Crippen LogP contribution < -0.4 is 5.32 Å². The minimum Gasteiger partial charge on any atom is -0.299 e. The summed E-state index contributed by atoms with van der Waals surface area (Å²) >= 11 is 6.10. The maximum atomic E-state index is 6.10. The number of rotatable bonds is 3. The molecule has 2 heteroatoms. The van der Waals surface area contributed by atoms with Crippen LogP contribution in [0.25, 0.3) is 0 Å². The summed E-state index contributed by atoms with van der Waals surface area (Å²) in [5, 5.41) is 4.55. The van der Waals surface area contributed by atoms with Crippen LogP contribution in [0.15, 0.2) is 78.9 Å². The Morgan fingerprint density at radius 1 is 0.826 bits per heavy atom. The summed E-state index contributed by atoms with van der Waals surface area (Å²) < 4.78 is 0. The molecular weight excluding hydrogens is 302 g/mol. The van der Waals surface area contributed by atoms with Gasteiger partial charge in [-0.15, -0.1) is 0 Å². The molecule has 114 valence electrons. The largest absolute Gasteiger partial charge is 0.299 e. The molecular formula is C21H18ClN. The van der Waals surface area contributed by atoms with Gasteiger partial charge in [-0.3, -0.25) is 5.32 Å². The van der Waals surface area contributed by atoms with Gasteiger partial charge in [0.15, 0.2) is 0 Å². The van der Waals surface area contributed by atoms with Gasteiger partial charge in [0.1, 0.15) is 0 Å². The van der Waals surface area contributed by atoms with Crippen molar-refractivity contribution in [2.75, 3.05) is 0 Å². The molecule has 0 bridgehead atoms. The van der Waals surface area contributed by atoms with Crippen molar-refractivity contribution >= 4 is 11.6 Å². The van der Waals surface area contributed by atoms with E-state index in [1.807, 2.05) is 12.1 Å². The molecule has 1 unspecified atom stereocenters. The highest BCUT2D eigenvalue weighted by Crippen LogP contribution is 2.40. The van der Waals surface area contributed by atoms with Gasteiger partial charge in [0, 0.05) is 11.6 Å². The Morgan fingerprint density at radius 2 is 1.52 bits per heavy atom. The highest BCUT2D eigenvalue weighted by atomic mass is 35.5. The number of nitrogens with one attached hydrogen (secondary N) is 1. The fraction of sp³-hybridized carbons (Fsp3) is 0.143. The SMILES string of the molecule is Clc1ccc(C2(Cc3ccccc3)NCc3ccccc32)cc1. The summed E-state index contributed by atoms with van der Waals surface area (Å²) in [6, 6.07) is 27.6. The van der Waals surface area contributed by atoms with Crippen molar-refractivity contribution in [1.82, 2.24) is 5.32 Å². The summed E-state index contributed by atoms with van der Waals surface area (Å²) in [5.74, 6) is 0. The second kappa shape index (κ2) is 5.84. The van der Waals surface area contributed by atoms with Crippen LogP contribution >= 0.6 is 11.6 Å². The lowest BCUT2D eigenvalue weighted by Gasteiger charge is -2.32. The lowest BCUT2D eigenvalue weighted by atomic mass is 9.79. The highest BCUT2D eigenvalue weighted by Gasteiger charge is 2.39. The Labute approximate surface area is 141 Å². The van der Waals surface area contributed by atoms with E-state index in [4.69, 9.17) is 11.6 Å². The number of hydrogen-bond donors (Lipinski definition) is 1. The van der Waals surface area contributed by atoms with E-state index in [-0.39, 0.29) is 5.54 Å². The van der Waals surface area contributed by atoms with E-state index in [9.17, 15) is 0 Å². The molecule has 1 aliphatic rings. The van der Waals surface area contributed by atoms with Gasteiger partial charge in [-0.05, 0) is 40.8 Å². The molecule has 1 nitrogen and oxygen atoms in total. The Balaban J connectivity index is 1.86. The van der Waals surface area contributed by atoms with E-state index in [2.05, 4.69) is 72.0 Å². The molecule has 0 aliphatic carbocycles. The molecule has 0 saturated heterocycles. The molecule has 3 aromatic carbocycles. The first-order valence-corrected chi connectivity index (χ1v) is 8.29. The number of fused-ring (bicyclic) bond motifs is 1. The summed E-state index contributed by atoms with van der Waals surface area (Å²) in [7, 11) is 0. The van der Waals surface area contributed by atoms with E-state index in [1.54, 1.807) is 0 Å². The van der Waals surface area contributed by atoms with Gasteiger partial charge in [0.05, 0.1) is 5.54 Å². The quantitative estimate of drug-likeness (QED) is 0.722. The zero-order valence-corrected chi connectivity index (χ0v) is 13.6. The van der Waals surface area contributed by atoms with Crippen LogP contribution in [0, 0.1) is 0 Å². The average Bonchev–Trinajstić information content (AvgIpc) is 2.96. The molecule has 0 aromatic heterocycles. The van der Waals surface area contributed by atoms with Crippen LogP contribution in [0.5, 0.6) is 0 Å². The minimum absolute atomic E-state index is 0.192. The molecule has 0 amide bonds. The van der Waals surface area contributed by atoms with E-state index in [1.165, 1.54) is 22.3 Å². The van der Waals surface area contributed by atoms with Crippen LogP contribution in [0.3, 0.4) is 0 Å². The third kappa shape index (κ3) is 2.56. The van der Waals surface area contributed by atoms with Gasteiger partial charge >= 0.3 is 0 Å². The van der Waals surface area contributed by atoms with Crippen LogP contribution in [-0.4, -0.2) is 0 Å². The van der Waals surface area contributed by atoms with Crippen molar-refractivity contribution in [1.29, 1.82) is 0 Å². The van der Waals surface area contributed by atoms with E-state index in [0.717, 1.165) is 18.0 Å². The molecule has 1 aliphatic heterocycles. The molecule has 1 N–H and O–H groups in total. The standard InChI is InChI=1S/C21H18ClN/c22-19-12-10-18(11-13-19)21(14-16-6-2-1-3-7-16)20-9-5-4-8-17(20)15-23-21/h1-13,23H,14-15H2. The molecule has 1 atom stereocenters. The minimum atomic E-state index is -0.192. The van der Waals surface area contributed by atoms with Gasteiger partial charge in [-0.2, -0.15) is 0 Å². The van der Waals surface area contributed by atoms with Crippen LogP contribution in [0.1, 0.15) is 22.3 Å². The molecule has 23 heavy (non-hydrogen) atoms. The first-order chi connectivity index (χ1) is 11.3. The summed E-state index contributed by atoms with van der Waals surface area (Å²) in [6.07, 6.45) is 0.923. The molecule has 4 rings (SSSR count). The third-order valence-corrected chi connectivity index (χ3v) is 4.96. The summed E-state index contributed by atoms with van der Waals surface area (Å²) in [6.45, 7) is 0.894. The maximum absolute atomic E-state index is 6.10. The predicted octanol–water partition coefficient (Wildman–Crippen LogP) is 4.93. The van der Waals surface area contributed by atoms with Crippen molar-refractivity contribution in [2.24, 2.45) is 0 Å². The van der Waals surface area contributed by atoms with Crippen molar-refractivity contribution in [2.45, 2.75) is 18.5 Å². The lowest BCUT2D eigenvalue weighted by molar-refractivity contribution is 0.433. The fourth-order valence-corrected chi connectivity index (χ4v) is 3.71. The zero-order valence-electron chi connectivity index (χ0n) is 12.8. The molecule has 0 fully saturated rings. The fourth-order valence-electron chi connectivity index (χ4n) is 3.59. The topological polar surface area (TPSA) is 12.0 Å². The Bertz CT molecular complexity index is 811. The zero-order chi connectivity index (χ0) is 15.7. The Kier molecular flexibility index (Phi) is 3.68. The normalized spacial score (nSPS) is 19.5. The first-order valence-electron chi connectivity index (χ1n) is 7.91. The van der Waals surface area contributed by atoms with Crippen molar-refractivity contribution in [3.8, 4) is 0 Å². The van der Waals surface area contributed by atoms with Crippen molar-refractivity contribution < 1.29 is 0 Å². The molecule has 0 saturated carbocycles. The molecule has 0 spiro atoms. The van der Waals surface area contributed by atoms with Crippen molar-refractivity contribution in [3.63, 3.8) is 0 Å². The molecule has 3 aromatic rings. The van der Waals surface area contributed by atoms with Gasteiger partial charge < -0.3 is 0 Å². The van der Waals surface area contributed by atoms with Crippen LogP contribution in [0.4, 0.5) is 0 Å². The van der Waals surface area contributed by atoms with E-state index in [0.29, 0.717) is 0 Å². The monoisotopic (exact) mass is 319 g/mol. The predicted molar refractivity (Wildman–Crippen MR) is 95.7 cm³/mol. The Morgan fingerprint density at radius 3 is 2.30 bits per heavy atom. The van der Waals surface area contributed by atoms with Crippen molar-refractivity contribution in [3.05, 3.63) is 106 Å². The van der Waals surface area contributed by atoms with Crippen LogP contribution in [-0.2, 0) is 18.5 Å². The van der Waals surface area contributed by atoms with Gasteiger partial charge in [-0.25, -0.2) is 0 Å². The average molecular weight is 320 g/mol. The smallest absolute Gasteiger partial charge is 0.0737 e. The summed E-state index contributed by atoms with van der Waals surface area (Å²) in [5.41, 5.74) is 5.13. The third-order valence-electron chi connectivity index (χ3n) is 4.71. The Hall–Kier alpha value is -2.09. The molecule has 1 heterocycles. The molecule has 0 radical (unpaired) electrons. The highest BCUT2D eigenvalue weighted by molar-refractivity contribution is 6.30. The number of benzene rings is 3. The number of hydrogen-bond acceptors (Lipinski definition) is 1. The van der Waals surface area contributed by atoms with E-state index >= 15 is 0 Å². The number of halogens is 1. The lowest BCUT2D eigenvalue weighted by Crippen LogP contribution is -2.40. The van der Waals surface area contributed by atoms with Crippen LogP contribution in [0.2, 0.25) is 5.02 Å². The van der Waals surface area contributed by atoms with Gasteiger partial charge in [0.2, 0.25) is 0 Å². The van der Waals surface area contributed by atoms with E-state index < -0.39 is 0 Å². The van der Waals surface area contributed by atoms with Gasteiger partial charge in [0.25, 0.3) is 0 Å². The first kappa shape index (κ1) is 14.5. The second-order valence-electron chi connectivity index (χ2n) is 6.09. The maximum Gasteiger partial charge on any atom is 0.0737 e. The van der Waals surface area contributed by atoms with Gasteiger partial charge in [-0.1, -0.05) is 78.3 Å².